The zero-order valence-corrected chi connectivity index (χ0v) is 16.7. The molecule has 0 saturated carbocycles. The van der Waals surface area contributed by atoms with Gasteiger partial charge in [-0.2, -0.15) is 12.6 Å². The number of thiol groups is 1. The lowest BCUT2D eigenvalue weighted by molar-refractivity contribution is -0.119. The van der Waals surface area contributed by atoms with Gasteiger partial charge in [0.05, 0.1) is 18.1 Å². The molecule has 0 fully saturated rings. The minimum atomic E-state index is -0.373. The summed E-state index contributed by atoms with van der Waals surface area (Å²) in [6.07, 6.45) is 1.44. The van der Waals surface area contributed by atoms with E-state index in [2.05, 4.69) is 31.8 Å². The largest absolute Gasteiger partial charge is 0.462 e. The maximum Gasteiger partial charge on any atom is 0.338 e. The van der Waals surface area contributed by atoms with Crippen molar-refractivity contribution in [1.82, 2.24) is 0 Å². The first-order valence-electron chi connectivity index (χ1n) is 9.22. The number of carbonyl (C=O) groups is 2. The van der Waals surface area contributed by atoms with Crippen LogP contribution in [0.5, 0.6) is 0 Å². The highest BCUT2D eigenvalue weighted by atomic mass is 32.1. The number of ether oxygens (including phenoxy) is 1. The van der Waals surface area contributed by atoms with Gasteiger partial charge >= 0.3 is 5.97 Å². The molecule has 1 unspecified atom stereocenters. The third kappa shape index (κ3) is 7.10. The molecule has 4 nitrogen and oxygen atoms in total. The van der Waals surface area contributed by atoms with Gasteiger partial charge in [-0.25, -0.2) is 4.79 Å². The van der Waals surface area contributed by atoms with E-state index in [-0.39, 0.29) is 17.8 Å². The molecule has 0 aromatic heterocycles. The van der Waals surface area contributed by atoms with Crippen LogP contribution in [0.15, 0.2) is 54.6 Å². The summed E-state index contributed by atoms with van der Waals surface area (Å²) in [5.41, 5.74) is 2.11. The predicted octanol–water partition coefficient (Wildman–Crippen LogP) is 4.62. The molecule has 0 bridgehead atoms. The fourth-order valence-corrected chi connectivity index (χ4v) is 2.87. The third-order valence-electron chi connectivity index (χ3n) is 4.21. The lowest BCUT2D eigenvalue weighted by atomic mass is 10.00. The Bertz CT molecular complexity index is 746. The number of rotatable bonds is 9. The summed E-state index contributed by atoms with van der Waals surface area (Å²) in [6, 6.07) is 16.7. The molecule has 27 heavy (non-hydrogen) atoms. The number of amides is 1. The van der Waals surface area contributed by atoms with E-state index in [9.17, 15) is 9.59 Å². The first-order chi connectivity index (χ1) is 13.0. The van der Waals surface area contributed by atoms with Crippen molar-refractivity contribution in [2.75, 3.05) is 17.7 Å². The van der Waals surface area contributed by atoms with Crippen LogP contribution in [0, 0.1) is 11.8 Å². The average Bonchev–Trinajstić information content (AvgIpc) is 2.66. The number of esters is 1. The highest BCUT2D eigenvalue weighted by Gasteiger charge is 2.18. The highest BCUT2D eigenvalue weighted by molar-refractivity contribution is 7.80. The average molecular weight is 386 g/mol. The minimum Gasteiger partial charge on any atom is -0.462 e. The van der Waals surface area contributed by atoms with Crippen LogP contribution in [0.2, 0.25) is 0 Å². The lowest BCUT2D eigenvalue weighted by Crippen LogP contribution is -2.26. The highest BCUT2D eigenvalue weighted by Crippen LogP contribution is 2.16. The second-order valence-corrected chi connectivity index (χ2v) is 7.32. The summed E-state index contributed by atoms with van der Waals surface area (Å²) < 4.78 is 5.28. The fraction of sp³-hybridized carbons (Fsp3) is 0.364. The Labute approximate surface area is 166 Å². The van der Waals surface area contributed by atoms with E-state index in [1.54, 1.807) is 24.3 Å². The fourth-order valence-electron chi connectivity index (χ4n) is 2.58. The summed E-state index contributed by atoms with van der Waals surface area (Å²) in [5, 5.41) is 2.89. The van der Waals surface area contributed by atoms with E-state index in [4.69, 9.17) is 4.74 Å². The van der Waals surface area contributed by atoms with Crippen LogP contribution < -0.4 is 5.32 Å². The van der Waals surface area contributed by atoms with Crippen LogP contribution in [-0.2, 0) is 16.0 Å². The van der Waals surface area contributed by atoms with Crippen LogP contribution in [-0.4, -0.2) is 24.2 Å². The molecule has 0 aliphatic heterocycles. The van der Waals surface area contributed by atoms with Gasteiger partial charge in [0.25, 0.3) is 0 Å². The molecule has 1 N–H and O–H groups in total. The zero-order valence-electron chi connectivity index (χ0n) is 15.9. The molecular weight excluding hydrogens is 358 g/mol. The van der Waals surface area contributed by atoms with E-state index in [0.717, 1.165) is 12.0 Å². The number of hydrogen-bond acceptors (Lipinski definition) is 4. The quantitative estimate of drug-likeness (QED) is 0.489. The standard InChI is InChI=1S/C22H27NO3S/c1-16(2)11-12-26-22(25)18-9-6-10-20(14-18)23-21(24)19(15-27)13-17-7-4-3-5-8-17/h3-10,14,16,19,27H,11-13,15H2,1-2H3,(H,23,24). The van der Waals surface area contributed by atoms with Gasteiger partial charge in [-0.3, -0.25) is 4.79 Å². The monoisotopic (exact) mass is 385 g/mol. The van der Waals surface area contributed by atoms with E-state index < -0.39 is 0 Å². The molecular formula is C22H27NO3S. The topological polar surface area (TPSA) is 55.4 Å². The Morgan fingerprint density at radius 2 is 1.81 bits per heavy atom. The molecule has 0 aliphatic carbocycles. The summed E-state index contributed by atoms with van der Waals surface area (Å²) >= 11 is 4.32. The van der Waals surface area contributed by atoms with Gasteiger partial charge < -0.3 is 10.1 Å². The van der Waals surface area contributed by atoms with Gasteiger partial charge in [-0.1, -0.05) is 50.2 Å². The number of hydrogen-bond donors (Lipinski definition) is 2. The molecule has 1 atom stereocenters. The molecule has 2 aromatic carbocycles. The molecule has 1 amide bonds. The van der Waals surface area contributed by atoms with Crippen LogP contribution in [0.1, 0.15) is 36.2 Å². The van der Waals surface area contributed by atoms with Gasteiger partial charge in [0.2, 0.25) is 5.91 Å². The van der Waals surface area contributed by atoms with E-state index in [1.165, 1.54) is 0 Å². The zero-order chi connectivity index (χ0) is 19.6. The summed E-state index contributed by atoms with van der Waals surface area (Å²) in [7, 11) is 0. The van der Waals surface area contributed by atoms with Gasteiger partial charge in [-0.15, -0.1) is 0 Å². The summed E-state index contributed by atoms with van der Waals surface area (Å²) in [6.45, 7) is 4.56. The number of nitrogens with one attached hydrogen (secondary N) is 1. The lowest BCUT2D eigenvalue weighted by Gasteiger charge is -2.15. The van der Waals surface area contributed by atoms with Crippen LogP contribution in [0.25, 0.3) is 0 Å². The summed E-state index contributed by atoms with van der Waals surface area (Å²) in [4.78, 5) is 24.7. The van der Waals surface area contributed by atoms with Crippen molar-refractivity contribution in [3.63, 3.8) is 0 Å². The molecule has 5 heteroatoms. The second kappa shape index (κ2) is 10.8. The first kappa shape index (κ1) is 21.0. The molecule has 2 rings (SSSR count). The maximum atomic E-state index is 12.6. The smallest absolute Gasteiger partial charge is 0.338 e. The van der Waals surface area contributed by atoms with E-state index >= 15 is 0 Å². The maximum absolute atomic E-state index is 12.6. The molecule has 0 spiro atoms. The van der Waals surface area contributed by atoms with Crippen molar-refractivity contribution in [3.05, 3.63) is 65.7 Å². The number of anilines is 1. The van der Waals surface area contributed by atoms with Crippen molar-refractivity contribution in [2.45, 2.75) is 26.7 Å². The normalized spacial score (nSPS) is 11.9. The Morgan fingerprint density at radius 3 is 2.48 bits per heavy atom. The van der Waals surface area contributed by atoms with Crippen molar-refractivity contribution >= 4 is 30.2 Å². The van der Waals surface area contributed by atoms with E-state index in [0.29, 0.717) is 35.9 Å². The molecule has 0 saturated heterocycles. The Morgan fingerprint density at radius 1 is 1.07 bits per heavy atom. The second-order valence-electron chi connectivity index (χ2n) is 6.96. The first-order valence-corrected chi connectivity index (χ1v) is 9.85. The molecule has 2 aromatic rings. The Balaban J connectivity index is 1.97. The van der Waals surface area contributed by atoms with Crippen molar-refractivity contribution in [2.24, 2.45) is 11.8 Å². The molecule has 144 valence electrons. The summed E-state index contributed by atoms with van der Waals surface area (Å²) in [5.74, 6) is 0.182. The molecule has 0 aliphatic rings. The predicted molar refractivity (Wildman–Crippen MR) is 112 cm³/mol. The molecule has 0 heterocycles. The molecule has 0 radical (unpaired) electrons. The van der Waals surface area contributed by atoms with Gasteiger partial charge in [0, 0.05) is 11.4 Å². The SMILES string of the molecule is CC(C)CCOC(=O)c1cccc(NC(=O)C(CS)Cc2ccccc2)c1. The Kier molecular flexibility index (Phi) is 8.40. The third-order valence-corrected chi connectivity index (χ3v) is 4.65. The van der Waals surface area contributed by atoms with Crippen molar-refractivity contribution < 1.29 is 14.3 Å². The van der Waals surface area contributed by atoms with Crippen molar-refractivity contribution in [3.8, 4) is 0 Å². The van der Waals surface area contributed by atoms with Gasteiger partial charge in [0.15, 0.2) is 0 Å². The number of carbonyl (C=O) groups excluding carboxylic acids is 2. The number of benzene rings is 2. The van der Waals surface area contributed by atoms with Gasteiger partial charge in [0.1, 0.15) is 0 Å². The van der Waals surface area contributed by atoms with Crippen molar-refractivity contribution in [1.29, 1.82) is 0 Å². The van der Waals surface area contributed by atoms with Crippen LogP contribution >= 0.6 is 12.6 Å². The van der Waals surface area contributed by atoms with Crippen LogP contribution in [0.3, 0.4) is 0 Å². The Hall–Kier alpha value is -2.27. The minimum absolute atomic E-state index is 0.112. The van der Waals surface area contributed by atoms with Gasteiger partial charge in [-0.05, 0) is 42.5 Å². The van der Waals surface area contributed by atoms with E-state index in [1.807, 2.05) is 30.3 Å². The van der Waals surface area contributed by atoms with Crippen LogP contribution in [0.4, 0.5) is 5.69 Å².